The Hall–Kier alpha value is -0.850. The summed E-state index contributed by atoms with van der Waals surface area (Å²) in [6.07, 6.45) is 4.38. The van der Waals surface area contributed by atoms with Crippen molar-refractivity contribution in [2.24, 2.45) is 11.8 Å². The highest BCUT2D eigenvalue weighted by Gasteiger charge is 2.26. The standard InChI is InChI=1S/C14H20ClFN2O2S/c1-9-4-2-3-5-10(9)8-18-21(19,20)13-7-11(15)6-12(17)14(13)16/h6-7,9-10,18H,2-5,8,17H2,1H3. The van der Waals surface area contributed by atoms with E-state index in [2.05, 4.69) is 11.6 Å². The molecule has 1 saturated carbocycles. The monoisotopic (exact) mass is 334 g/mol. The fraction of sp³-hybridized carbons (Fsp3) is 0.571. The summed E-state index contributed by atoms with van der Waals surface area (Å²) < 4.78 is 40.9. The number of sulfonamides is 1. The van der Waals surface area contributed by atoms with Crippen molar-refractivity contribution < 1.29 is 12.8 Å². The summed E-state index contributed by atoms with van der Waals surface area (Å²) in [6, 6.07) is 2.28. The lowest BCUT2D eigenvalue weighted by atomic mass is 9.81. The van der Waals surface area contributed by atoms with Crippen molar-refractivity contribution in [2.45, 2.75) is 37.5 Å². The van der Waals surface area contributed by atoms with Gasteiger partial charge in [0.05, 0.1) is 5.69 Å². The maximum atomic E-state index is 13.9. The average molecular weight is 335 g/mol. The summed E-state index contributed by atoms with van der Waals surface area (Å²) in [7, 11) is -3.95. The number of hydrogen-bond donors (Lipinski definition) is 2. The van der Waals surface area contributed by atoms with Gasteiger partial charge in [-0.05, 0) is 30.4 Å². The van der Waals surface area contributed by atoms with Crippen LogP contribution in [0.1, 0.15) is 32.6 Å². The summed E-state index contributed by atoms with van der Waals surface area (Å²) in [5.74, 6) is -0.201. The van der Waals surface area contributed by atoms with Crippen LogP contribution in [0.2, 0.25) is 5.02 Å². The van der Waals surface area contributed by atoms with Gasteiger partial charge >= 0.3 is 0 Å². The van der Waals surface area contributed by atoms with Crippen LogP contribution in [-0.4, -0.2) is 15.0 Å². The minimum Gasteiger partial charge on any atom is -0.396 e. The van der Waals surface area contributed by atoms with Gasteiger partial charge < -0.3 is 5.73 Å². The quantitative estimate of drug-likeness (QED) is 0.831. The fourth-order valence-electron chi connectivity index (χ4n) is 2.77. The van der Waals surface area contributed by atoms with E-state index in [0.717, 1.165) is 25.3 Å². The Morgan fingerprint density at radius 3 is 2.71 bits per heavy atom. The maximum Gasteiger partial charge on any atom is 0.243 e. The van der Waals surface area contributed by atoms with E-state index < -0.39 is 20.7 Å². The van der Waals surface area contributed by atoms with E-state index in [0.29, 0.717) is 12.5 Å². The van der Waals surface area contributed by atoms with Crippen molar-refractivity contribution in [2.75, 3.05) is 12.3 Å². The minimum absolute atomic E-state index is 0.0975. The van der Waals surface area contributed by atoms with Gasteiger partial charge in [-0.25, -0.2) is 17.5 Å². The summed E-state index contributed by atoms with van der Waals surface area (Å²) in [5, 5.41) is 0.0975. The first-order chi connectivity index (χ1) is 9.81. The van der Waals surface area contributed by atoms with E-state index in [1.165, 1.54) is 12.5 Å². The Morgan fingerprint density at radius 2 is 2.05 bits per heavy atom. The summed E-state index contributed by atoms with van der Waals surface area (Å²) in [6.45, 7) is 2.44. The fourth-order valence-corrected chi connectivity index (χ4v) is 4.29. The lowest BCUT2D eigenvalue weighted by molar-refractivity contribution is 0.257. The van der Waals surface area contributed by atoms with Crippen LogP contribution in [0.4, 0.5) is 10.1 Å². The highest BCUT2D eigenvalue weighted by Crippen LogP contribution is 2.30. The van der Waals surface area contributed by atoms with Gasteiger partial charge in [-0.2, -0.15) is 0 Å². The first-order valence-electron chi connectivity index (χ1n) is 7.05. The van der Waals surface area contributed by atoms with Gasteiger partial charge in [0.1, 0.15) is 4.90 Å². The number of rotatable bonds is 4. The maximum absolute atomic E-state index is 13.9. The third-order valence-corrected chi connectivity index (χ3v) is 5.79. The molecule has 0 radical (unpaired) electrons. The number of nitrogen functional groups attached to an aromatic ring is 1. The van der Waals surface area contributed by atoms with Crippen molar-refractivity contribution in [3.8, 4) is 0 Å². The topological polar surface area (TPSA) is 72.2 Å². The Kier molecular flexibility index (Phi) is 5.11. The van der Waals surface area contributed by atoms with Gasteiger partial charge in [-0.15, -0.1) is 0 Å². The zero-order valence-corrected chi connectivity index (χ0v) is 13.5. The van der Waals surface area contributed by atoms with Crippen molar-refractivity contribution in [3.63, 3.8) is 0 Å². The van der Waals surface area contributed by atoms with E-state index in [1.807, 2.05) is 0 Å². The predicted octanol–water partition coefficient (Wildman–Crippen LogP) is 3.17. The molecule has 2 rings (SSSR count). The Bertz CT molecular complexity index is 622. The SMILES string of the molecule is CC1CCCCC1CNS(=O)(=O)c1cc(Cl)cc(N)c1F. The van der Waals surface area contributed by atoms with Gasteiger partial charge in [0.2, 0.25) is 10.0 Å². The molecule has 2 atom stereocenters. The van der Waals surface area contributed by atoms with Crippen LogP contribution in [0.25, 0.3) is 0 Å². The number of halogens is 2. The molecule has 0 heterocycles. The molecular formula is C14H20ClFN2O2S. The van der Waals surface area contributed by atoms with E-state index in [4.69, 9.17) is 17.3 Å². The van der Waals surface area contributed by atoms with Crippen LogP contribution in [0, 0.1) is 17.7 Å². The van der Waals surface area contributed by atoms with Gasteiger partial charge in [-0.3, -0.25) is 0 Å². The molecule has 0 saturated heterocycles. The normalized spacial score (nSPS) is 23.2. The molecule has 1 aromatic rings. The van der Waals surface area contributed by atoms with E-state index in [1.54, 1.807) is 0 Å². The summed E-state index contributed by atoms with van der Waals surface area (Å²) in [4.78, 5) is -0.490. The van der Waals surface area contributed by atoms with Gasteiger partial charge in [0, 0.05) is 11.6 Å². The molecule has 2 unspecified atom stereocenters. The second-order valence-electron chi connectivity index (χ2n) is 5.68. The van der Waals surface area contributed by atoms with Crippen molar-refractivity contribution in [1.82, 2.24) is 4.72 Å². The van der Waals surface area contributed by atoms with Gasteiger partial charge in [0.15, 0.2) is 5.82 Å². The van der Waals surface area contributed by atoms with Crippen molar-refractivity contribution >= 4 is 27.3 Å². The largest absolute Gasteiger partial charge is 0.396 e. The molecule has 1 aromatic carbocycles. The molecule has 21 heavy (non-hydrogen) atoms. The molecule has 0 aliphatic heterocycles. The lowest BCUT2D eigenvalue weighted by Gasteiger charge is -2.28. The highest BCUT2D eigenvalue weighted by atomic mass is 35.5. The zero-order chi connectivity index (χ0) is 15.6. The zero-order valence-electron chi connectivity index (χ0n) is 11.9. The summed E-state index contributed by atoms with van der Waals surface area (Å²) >= 11 is 5.76. The van der Waals surface area contributed by atoms with Crippen molar-refractivity contribution in [1.29, 1.82) is 0 Å². The number of nitrogens with one attached hydrogen (secondary N) is 1. The molecule has 3 N–H and O–H groups in total. The van der Waals surface area contributed by atoms with Crippen LogP contribution in [0.5, 0.6) is 0 Å². The van der Waals surface area contributed by atoms with E-state index in [-0.39, 0.29) is 16.6 Å². The van der Waals surface area contributed by atoms with Crippen LogP contribution >= 0.6 is 11.6 Å². The Balaban J connectivity index is 2.15. The van der Waals surface area contributed by atoms with Crippen molar-refractivity contribution in [3.05, 3.63) is 23.0 Å². The molecule has 1 aliphatic rings. The number of nitrogens with two attached hydrogens (primary N) is 1. The number of hydrogen-bond acceptors (Lipinski definition) is 3. The second-order valence-corrected chi connectivity index (χ2v) is 7.85. The van der Waals surface area contributed by atoms with Crippen LogP contribution in [-0.2, 0) is 10.0 Å². The first kappa shape index (κ1) is 16.5. The van der Waals surface area contributed by atoms with Gasteiger partial charge in [0.25, 0.3) is 0 Å². The lowest BCUT2D eigenvalue weighted by Crippen LogP contribution is -2.34. The van der Waals surface area contributed by atoms with E-state index >= 15 is 0 Å². The summed E-state index contributed by atoms with van der Waals surface area (Å²) in [5.41, 5.74) is 5.16. The highest BCUT2D eigenvalue weighted by molar-refractivity contribution is 7.89. The molecule has 7 heteroatoms. The average Bonchev–Trinajstić information content (AvgIpc) is 2.42. The van der Waals surface area contributed by atoms with Gasteiger partial charge in [-0.1, -0.05) is 37.8 Å². The van der Waals surface area contributed by atoms with Crippen LogP contribution in [0.3, 0.4) is 0 Å². The van der Waals surface area contributed by atoms with Crippen LogP contribution < -0.4 is 10.5 Å². The second kappa shape index (κ2) is 6.50. The first-order valence-corrected chi connectivity index (χ1v) is 8.91. The molecule has 4 nitrogen and oxygen atoms in total. The Morgan fingerprint density at radius 1 is 1.38 bits per heavy atom. The number of anilines is 1. The molecule has 118 valence electrons. The molecular weight excluding hydrogens is 315 g/mol. The molecule has 0 amide bonds. The predicted molar refractivity (Wildman–Crippen MR) is 82.1 cm³/mol. The minimum atomic E-state index is -3.95. The van der Waals surface area contributed by atoms with E-state index in [9.17, 15) is 12.8 Å². The molecule has 0 bridgehead atoms. The molecule has 1 aliphatic carbocycles. The van der Waals surface area contributed by atoms with Crippen LogP contribution in [0.15, 0.2) is 17.0 Å². The third kappa shape index (κ3) is 3.87. The Labute approximate surface area is 129 Å². The molecule has 0 spiro atoms. The molecule has 0 aromatic heterocycles. The number of benzene rings is 1. The smallest absolute Gasteiger partial charge is 0.243 e. The third-order valence-electron chi connectivity index (χ3n) is 4.15. The molecule has 1 fully saturated rings.